The molecule has 8 nitrogen and oxygen atoms in total. The van der Waals surface area contributed by atoms with Gasteiger partial charge in [0.25, 0.3) is 0 Å². The largest absolute Gasteiger partial charge is 0.364 e. The van der Waals surface area contributed by atoms with Crippen LogP contribution < -0.4 is 10.6 Å². The van der Waals surface area contributed by atoms with Crippen LogP contribution in [0.4, 0.5) is 23.0 Å². The molecule has 0 aliphatic heterocycles. The minimum Gasteiger partial charge on any atom is -0.364 e. The number of nitrogens with zero attached hydrogens (tertiary/aromatic N) is 4. The second-order valence-electron chi connectivity index (χ2n) is 8.57. The van der Waals surface area contributed by atoms with Crippen LogP contribution in [0.5, 0.6) is 0 Å². The summed E-state index contributed by atoms with van der Waals surface area (Å²) in [4.78, 5) is 23.3. The Balaban J connectivity index is 1.58. The quantitative estimate of drug-likeness (QED) is 0.129. The van der Waals surface area contributed by atoms with Crippen LogP contribution in [-0.2, 0) is 0 Å². The third kappa shape index (κ3) is 11.1. The molecule has 0 unspecified atom stereocenters. The van der Waals surface area contributed by atoms with Crippen LogP contribution in [0.1, 0.15) is 96.8 Å². The van der Waals surface area contributed by atoms with E-state index in [1.807, 2.05) is 0 Å². The van der Waals surface area contributed by atoms with E-state index in [9.17, 15) is 10.1 Å². The van der Waals surface area contributed by atoms with E-state index in [1.165, 1.54) is 83.4 Å². The van der Waals surface area contributed by atoms with Crippen molar-refractivity contribution in [3.63, 3.8) is 0 Å². The Morgan fingerprint density at radius 1 is 0.848 bits per heavy atom. The van der Waals surface area contributed by atoms with E-state index in [4.69, 9.17) is 0 Å². The predicted octanol–water partition coefficient (Wildman–Crippen LogP) is 7.42. The number of hydrogen-bond acceptors (Lipinski definition) is 7. The third-order valence-electron chi connectivity index (χ3n) is 5.75. The summed E-state index contributed by atoms with van der Waals surface area (Å²) in [6.45, 7) is 2.92. The van der Waals surface area contributed by atoms with E-state index >= 15 is 0 Å². The number of anilines is 3. The molecule has 8 heteroatoms. The van der Waals surface area contributed by atoms with Crippen molar-refractivity contribution in [2.75, 3.05) is 17.2 Å². The minimum atomic E-state index is -0.452. The second kappa shape index (κ2) is 16.8. The summed E-state index contributed by atoms with van der Waals surface area (Å²) in [5.74, 6) is 0.405. The number of unbranched alkanes of at least 4 members (excludes halogenated alkanes) is 13. The first kappa shape index (κ1) is 26.5. The third-order valence-corrected chi connectivity index (χ3v) is 5.75. The molecule has 0 saturated carbocycles. The monoisotopic (exact) mass is 456 g/mol. The Labute approximate surface area is 198 Å². The standard InChI is InChI=1S/C25H40N6O2/c1-2-3-4-5-6-7-8-9-10-11-12-13-14-15-19-27-24-23(31(32)33)25(29-21-28-24)30-22-17-16-18-26-20-22/h16-18,20-21H,2-15,19H2,1H3,(H2,27,28,29,30). The molecular weight excluding hydrogens is 416 g/mol. The first-order valence-corrected chi connectivity index (χ1v) is 12.6. The molecule has 0 aliphatic carbocycles. The molecule has 2 heterocycles. The highest BCUT2D eigenvalue weighted by molar-refractivity contribution is 5.73. The summed E-state index contributed by atoms with van der Waals surface area (Å²) in [5, 5.41) is 17.7. The lowest BCUT2D eigenvalue weighted by Gasteiger charge is -2.10. The lowest BCUT2D eigenvalue weighted by Crippen LogP contribution is -2.09. The van der Waals surface area contributed by atoms with Crippen LogP contribution in [0.2, 0.25) is 0 Å². The number of hydrogen-bond donors (Lipinski definition) is 2. The van der Waals surface area contributed by atoms with Crippen molar-refractivity contribution in [2.45, 2.75) is 96.8 Å². The topological polar surface area (TPSA) is 106 Å². The molecule has 182 valence electrons. The smallest absolute Gasteiger partial charge is 0.353 e. The maximum Gasteiger partial charge on any atom is 0.353 e. The van der Waals surface area contributed by atoms with Crippen LogP contribution in [0.25, 0.3) is 0 Å². The normalized spacial score (nSPS) is 10.8. The van der Waals surface area contributed by atoms with E-state index in [0.717, 1.165) is 12.8 Å². The highest BCUT2D eigenvalue weighted by Crippen LogP contribution is 2.30. The second-order valence-corrected chi connectivity index (χ2v) is 8.57. The van der Waals surface area contributed by atoms with Crippen molar-refractivity contribution in [3.8, 4) is 0 Å². The van der Waals surface area contributed by atoms with E-state index in [2.05, 4.69) is 32.5 Å². The highest BCUT2D eigenvalue weighted by atomic mass is 16.6. The zero-order valence-electron chi connectivity index (χ0n) is 20.1. The van der Waals surface area contributed by atoms with Crippen LogP contribution in [0.3, 0.4) is 0 Å². The van der Waals surface area contributed by atoms with Gasteiger partial charge in [0.15, 0.2) is 0 Å². The Morgan fingerprint density at radius 2 is 1.42 bits per heavy atom. The molecule has 0 aliphatic rings. The van der Waals surface area contributed by atoms with Gasteiger partial charge in [0.05, 0.1) is 16.8 Å². The summed E-state index contributed by atoms with van der Waals surface area (Å²) >= 11 is 0. The molecule has 0 radical (unpaired) electrons. The number of aromatic nitrogens is 3. The summed E-state index contributed by atoms with van der Waals surface area (Å²) in [6.07, 6.45) is 22.8. The molecule has 0 amide bonds. The fourth-order valence-corrected chi connectivity index (χ4v) is 3.87. The van der Waals surface area contributed by atoms with Crippen molar-refractivity contribution in [2.24, 2.45) is 0 Å². The van der Waals surface area contributed by atoms with Crippen molar-refractivity contribution >= 4 is 23.0 Å². The van der Waals surface area contributed by atoms with Gasteiger partial charge in [-0.25, -0.2) is 9.97 Å². The minimum absolute atomic E-state index is 0.147. The van der Waals surface area contributed by atoms with Gasteiger partial charge in [0, 0.05) is 12.7 Å². The lowest BCUT2D eigenvalue weighted by atomic mass is 10.0. The molecule has 0 atom stereocenters. The van der Waals surface area contributed by atoms with E-state index < -0.39 is 4.92 Å². The van der Waals surface area contributed by atoms with Gasteiger partial charge < -0.3 is 10.6 Å². The van der Waals surface area contributed by atoms with E-state index in [1.54, 1.807) is 24.5 Å². The van der Waals surface area contributed by atoms with Crippen LogP contribution >= 0.6 is 0 Å². The molecule has 0 bridgehead atoms. The Bertz CT molecular complexity index is 788. The Hall–Kier alpha value is -2.77. The summed E-state index contributed by atoms with van der Waals surface area (Å²) in [7, 11) is 0. The van der Waals surface area contributed by atoms with Gasteiger partial charge >= 0.3 is 5.69 Å². The molecule has 2 rings (SSSR count). The predicted molar refractivity (Wildman–Crippen MR) is 135 cm³/mol. The Kier molecular flexibility index (Phi) is 13.5. The fourth-order valence-electron chi connectivity index (χ4n) is 3.87. The van der Waals surface area contributed by atoms with Gasteiger partial charge in [0.2, 0.25) is 11.6 Å². The summed E-state index contributed by atoms with van der Waals surface area (Å²) in [5.41, 5.74) is 0.490. The molecule has 0 saturated heterocycles. The van der Waals surface area contributed by atoms with Gasteiger partial charge in [-0.15, -0.1) is 0 Å². The molecule has 33 heavy (non-hydrogen) atoms. The first-order chi connectivity index (χ1) is 16.2. The van der Waals surface area contributed by atoms with E-state index in [-0.39, 0.29) is 17.3 Å². The van der Waals surface area contributed by atoms with Gasteiger partial charge in [0.1, 0.15) is 6.33 Å². The molecule has 0 spiro atoms. The van der Waals surface area contributed by atoms with Gasteiger partial charge in [-0.2, -0.15) is 0 Å². The molecule has 2 aromatic heterocycles. The zero-order valence-corrected chi connectivity index (χ0v) is 20.1. The highest BCUT2D eigenvalue weighted by Gasteiger charge is 2.22. The SMILES string of the molecule is CCCCCCCCCCCCCCCCNc1ncnc(Nc2cccnc2)c1[N+](=O)[O-]. The van der Waals surface area contributed by atoms with Gasteiger partial charge in [-0.05, 0) is 18.6 Å². The number of rotatable bonds is 19. The molecular formula is C25H40N6O2. The first-order valence-electron chi connectivity index (χ1n) is 12.6. The molecule has 2 N–H and O–H groups in total. The summed E-state index contributed by atoms with van der Waals surface area (Å²) in [6, 6.07) is 3.53. The number of nitro groups is 1. The molecule has 0 fully saturated rings. The van der Waals surface area contributed by atoms with Gasteiger partial charge in [-0.3, -0.25) is 15.1 Å². The molecule has 0 aromatic carbocycles. The maximum absolute atomic E-state index is 11.6. The zero-order chi connectivity index (χ0) is 23.6. The van der Waals surface area contributed by atoms with Crippen LogP contribution in [-0.4, -0.2) is 26.4 Å². The van der Waals surface area contributed by atoms with Gasteiger partial charge in [-0.1, -0.05) is 90.4 Å². The molecule has 2 aromatic rings. The van der Waals surface area contributed by atoms with Crippen molar-refractivity contribution in [1.29, 1.82) is 0 Å². The van der Waals surface area contributed by atoms with Crippen molar-refractivity contribution in [1.82, 2.24) is 15.0 Å². The summed E-state index contributed by atoms with van der Waals surface area (Å²) < 4.78 is 0. The number of nitrogens with one attached hydrogen (secondary N) is 2. The van der Waals surface area contributed by atoms with Crippen LogP contribution in [0, 0.1) is 10.1 Å². The lowest BCUT2D eigenvalue weighted by molar-refractivity contribution is -0.383. The Morgan fingerprint density at radius 3 is 1.97 bits per heavy atom. The maximum atomic E-state index is 11.6. The van der Waals surface area contributed by atoms with E-state index in [0.29, 0.717) is 12.2 Å². The average Bonchev–Trinajstić information content (AvgIpc) is 2.82. The number of pyridine rings is 1. The van der Waals surface area contributed by atoms with Crippen LogP contribution in [0.15, 0.2) is 30.9 Å². The average molecular weight is 457 g/mol. The van der Waals surface area contributed by atoms with Crippen molar-refractivity contribution in [3.05, 3.63) is 41.0 Å². The fraction of sp³-hybridized carbons (Fsp3) is 0.640. The van der Waals surface area contributed by atoms with Crippen molar-refractivity contribution < 1.29 is 4.92 Å².